The van der Waals surface area contributed by atoms with Crippen molar-refractivity contribution < 1.29 is 5.11 Å². The molecular formula is C17H21NO. The molecule has 2 rings (SSSR count). The molecule has 0 saturated heterocycles. The normalized spacial score (nSPS) is 13.2. The summed E-state index contributed by atoms with van der Waals surface area (Å²) in [5.41, 5.74) is 7.32. The van der Waals surface area contributed by atoms with Gasteiger partial charge >= 0.3 is 0 Å². The van der Waals surface area contributed by atoms with E-state index >= 15 is 0 Å². The van der Waals surface area contributed by atoms with Crippen LogP contribution in [-0.4, -0.2) is 16.7 Å². The summed E-state index contributed by atoms with van der Waals surface area (Å²) < 4.78 is 0. The van der Waals surface area contributed by atoms with Crippen LogP contribution in [0.3, 0.4) is 0 Å². The molecule has 0 bridgehead atoms. The minimum Gasteiger partial charge on any atom is -0.388 e. The summed E-state index contributed by atoms with van der Waals surface area (Å²) in [6.45, 7) is 1.87. The molecule has 2 nitrogen and oxygen atoms in total. The number of hydrogen-bond donors (Lipinski definition) is 2. The minimum atomic E-state index is -0.914. The molecule has 3 N–H and O–H groups in total. The van der Waals surface area contributed by atoms with E-state index in [9.17, 15) is 5.11 Å². The fourth-order valence-electron chi connectivity index (χ4n) is 2.28. The van der Waals surface area contributed by atoms with Gasteiger partial charge < -0.3 is 10.8 Å². The number of nitrogens with two attached hydrogens (primary N) is 1. The zero-order valence-corrected chi connectivity index (χ0v) is 11.3. The molecule has 0 amide bonds. The Morgan fingerprint density at radius 3 is 1.58 bits per heavy atom. The van der Waals surface area contributed by atoms with Gasteiger partial charge in [0.1, 0.15) is 0 Å². The molecule has 0 saturated carbocycles. The molecule has 1 atom stereocenters. The highest BCUT2D eigenvalue weighted by Gasteiger charge is 2.31. The number of rotatable bonds is 5. The van der Waals surface area contributed by atoms with Crippen molar-refractivity contribution in [3.05, 3.63) is 71.8 Å². The van der Waals surface area contributed by atoms with Gasteiger partial charge in [-0.15, -0.1) is 0 Å². The summed E-state index contributed by atoms with van der Waals surface area (Å²) >= 11 is 0. The van der Waals surface area contributed by atoms with E-state index in [0.29, 0.717) is 12.8 Å². The summed E-state index contributed by atoms with van der Waals surface area (Å²) in [4.78, 5) is 0. The second-order valence-corrected chi connectivity index (χ2v) is 5.22. The topological polar surface area (TPSA) is 46.2 Å². The van der Waals surface area contributed by atoms with Gasteiger partial charge in [-0.2, -0.15) is 0 Å². The van der Waals surface area contributed by atoms with E-state index in [-0.39, 0.29) is 6.04 Å². The first-order valence-electron chi connectivity index (χ1n) is 6.66. The van der Waals surface area contributed by atoms with Gasteiger partial charge in [-0.3, -0.25) is 0 Å². The van der Waals surface area contributed by atoms with E-state index in [4.69, 9.17) is 5.73 Å². The van der Waals surface area contributed by atoms with E-state index < -0.39 is 5.60 Å². The maximum absolute atomic E-state index is 10.9. The lowest BCUT2D eigenvalue weighted by Crippen LogP contribution is -2.49. The molecule has 100 valence electrons. The standard InChI is InChI=1S/C17H21NO/c1-14(18)17(19,12-15-8-4-2-5-9-15)13-16-10-6-3-7-11-16/h2-11,14,19H,12-13,18H2,1H3. The monoisotopic (exact) mass is 255 g/mol. The minimum absolute atomic E-state index is 0.284. The van der Waals surface area contributed by atoms with Crippen LogP contribution in [0.5, 0.6) is 0 Å². The maximum atomic E-state index is 10.9. The SMILES string of the molecule is CC(N)C(O)(Cc1ccccc1)Cc1ccccc1. The summed E-state index contributed by atoms with van der Waals surface area (Å²) in [6.07, 6.45) is 1.14. The zero-order chi connectivity index (χ0) is 13.7. The average Bonchev–Trinajstić information content (AvgIpc) is 2.40. The van der Waals surface area contributed by atoms with Crippen LogP contribution in [0, 0.1) is 0 Å². The molecule has 0 fully saturated rings. The quantitative estimate of drug-likeness (QED) is 0.862. The largest absolute Gasteiger partial charge is 0.388 e. The van der Waals surface area contributed by atoms with Crippen molar-refractivity contribution in [2.75, 3.05) is 0 Å². The van der Waals surface area contributed by atoms with Crippen LogP contribution in [-0.2, 0) is 12.8 Å². The highest BCUT2D eigenvalue weighted by atomic mass is 16.3. The Balaban J connectivity index is 2.18. The van der Waals surface area contributed by atoms with E-state index in [1.54, 1.807) is 0 Å². The predicted molar refractivity (Wildman–Crippen MR) is 78.9 cm³/mol. The molecule has 19 heavy (non-hydrogen) atoms. The van der Waals surface area contributed by atoms with Gasteiger partial charge in [-0.25, -0.2) is 0 Å². The maximum Gasteiger partial charge on any atom is 0.0875 e. The van der Waals surface area contributed by atoms with Crippen LogP contribution in [0.1, 0.15) is 18.1 Å². The Morgan fingerprint density at radius 1 is 0.895 bits per heavy atom. The second kappa shape index (κ2) is 6.00. The Hall–Kier alpha value is -1.64. The van der Waals surface area contributed by atoms with Crippen LogP contribution in [0.2, 0.25) is 0 Å². The number of hydrogen-bond acceptors (Lipinski definition) is 2. The van der Waals surface area contributed by atoms with Crippen molar-refractivity contribution in [3.63, 3.8) is 0 Å². The van der Waals surface area contributed by atoms with Crippen molar-refractivity contribution in [1.82, 2.24) is 0 Å². The Bertz CT molecular complexity index is 452. The molecule has 1 unspecified atom stereocenters. The third kappa shape index (κ3) is 3.66. The van der Waals surface area contributed by atoms with Crippen LogP contribution >= 0.6 is 0 Å². The fourth-order valence-corrected chi connectivity index (χ4v) is 2.28. The summed E-state index contributed by atoms with van der Waals surface area (Å²) in [5, 5.41) is 10.9. The summed E-state index contributed by atoms with van der Waals surface area (Å²) in [5.74, 6) is 0. The van der Waals surface area contributed by atoms with E-state index in [1.807, 2.05) is 67.6 Å². The first kappa shape index (κ1) is 13.8. The van der Waals surface area contributed by atoms with Gasteiger partial charge in [0, 0.05) is 18.9 Å². The van der Waals surface area contributed by atoms with Gasteiger partial charge in [0.25, 0.3) is 0 Å². The number of benzene rings is 2. The van der Waals surface area contributed by atoms with Crippen molar-refractivity contribution in [2.24, 2.45) is 5.73 Å². The molecular weight excluding hydrogens is 234 g/mol. The first-order valence-corrected chi connectivity index (χ1v) is 6.66. The summed E-state index contributed by atoms with van der Waals surface area (Å²) in [7, 11) is 0. The van der Waals surface area contributed by atoms with Gasteiger partial charge in [0.2, 0.25) is 0 Å². The van der Waals surface area contributed by atoms with Crippen molar-refractivity contribution in [3.8, 4) is 0 Å². The molecule has 2 aromatic rings. The smallest absolute Gasteiger partial charge is 0.0875 e. The highest BCUT2D eigenvalue weighted by Crippen LogP contribution is 2.22. The first-order chi connectivity index (χ1) is 9.10. The van der Waals surface area contributed by atoms with Gasteiger partial charge in [0.15, 0.2) is 0 Å². The summed E-state index contributed by atoms with van der Waals surface area (Å²) in [6, 6.07) is 19.7. The fraction of sp³-hybridized carbons (Fsp3) is 0.294. The molecule has 0 spiro atoms. The third-order valence-electron chi connectivity index (χ3n) is 3.55. The average molecular weight is 255 g/mol. The van der Waals surface area contributed by atoms with Gasteiger partial charge in [-0.05, 0) is 18.1 Å². The van der Waals surface area contributed by atoms with Crippen LogP contribution in [0.4, 0.5) is 0 Å². The molecule has 2 aromatic carbocycles. The lowest BCUT2D eigenvalue weighted by molar-refractivity contribution is 0.0199. The lowest BCUT2D eigenvalue weighted by Gasteiger charge is -2.32. The highest BCUT2D eigenvalue weighted by molar-refractivity contribution is 5.22. The molecule has 0 aliphatic carbocycles. The lowest BCUT2D eigenvalue weighted by atomic mass is 9.83. The Kier molecular flexibility index (Phi) is 4.35. The Morgan fingerprint density at radius 2 is 1.26 bits per heavy atom. The molecule has 0 radical (unpaired) electrons. The van der Waals surface area contributed by atoms with Crippen LogP contribution < -0.4 is 5.73 Å². The van der Waals surface area contributed by atoms with Crippen molar-refractivity contribution in [1.29, 1.82) is 0 Å². The number of aliphatic hydroxyl groups is 1. The molecule has 0 aliphatic heterocycles. The van der Waals surface area contributed by atoms with Crippen molar-refractivity contribution in [2.45, 2.75) is 31.4 Å². The molecule has 0 aliphatic rings. The zero-order valence-electron chi connectivity index (χ0n) is 11.3. The molecule has 0 heterocycles. The molecule has 2 heteroatoms. The van der Waals surface area contributed by atoms with Gasteiger partial charge in [-0.1, -0.05) is 60.7 Å². The predicted octanol–water partition coefficient (Wildman–Crippen LogP) is 2.55. The van der Waals surface area contributed by atoms with E-state index in [2.05, 4.69) is 0 Å². The third-order valence-corrected chi connectivity index (χ3v) is 3.55. The van der Waals surface area contributed by atoms with E-state index in [0.717, 1.165) is 11.1 Å². The van der Waals surface area contributed by atoms with Gasteiger partial charge in [0.05, 0.1) is 5.60 Å². The van der Waals surface area contributed by atoms with Crippen molar-refractivity contribution >= 4 is 0 Å². The second-order valence-electron chi connectivity index (χ2n) is 5.22. The molecule has 0 aromatic heterocycles. The van der Waals surface area contributed by atoms with Crippen LogP contribution in [0.15, 0.2) is 60.7 Å². The van der Waals surface area contributed by atoms with Crippen LogP contribution in [0.25, 0.3) is 0 Å². The Labute approximate surface area is 114 Å². The van der Waals surface area contributed by atoms with E-state index in [1.165, 1.54) is 0 Å².